The van der Waals surface area contributed by atoms with E-state index in [-0.39, 0.29) is 17.3 Å². The molecule has 1 aromatic carbocycles. The first-order valence-corrected chi connectivity index (χ1v) is 8.60. The number of halogens is 2. The molecule has 1 heterocycles. The number of aromatic nitrogens is 1. The Morgan fingerprint density at radius 1 is 1.26 bits per heavy atom. The molecule has 0 aliphatic rings. The van der Waals surface area contributed by atoms with Gasteiger partial charge < -0.3 is 10.6 Å². The van der Waals surface area contributed by atoms with Crippen LogP contribution in [0, 0.1) is 11.6 Å². The van der Waals surface area contributed by atoms with Crippen LogP contribution in [0.1, 0.15) is 10.4 Å². The molecule has 0 atom stereocenters. The minimum absolute atomic E-state index is 0.0525. The summed E-state index contributed by atoms with van der Waals surface area (Å²) >= 11 is 0.832. The molecule has 2 rings (SSSR count). The quantitative estimate of drug-likeness (QED) is 0.661. The molecule has 0 bridgehead atoms. The third kappa shape index (κ3) is 4.43. The standard InChI is InChI=1S/C12H12F2N4O3S2/c13-7-2-1-3-8(14)10(7)11(19)16-4-5-17-12-18-6-9(22-12)23(15,20)21/h1-3,6H,4-5H2,(H,16,19)(H,17,18)(H2,15,20,21). The molecule has 23 heavy (non-hydrogen) atoms. The highest BCUT2D eigenvalue weighted by Gasteiger charge is 2.16. The Balaban J connectivity index is 1.86. The van der Waals surface area contributed by atoms with Crippen molar-refractivity contribution in [2.24, 2.45) is 5.14 Å². The van der Waals surface area contributed by atoms with E-state index in [9.17, 15) is 22.0 Å². The van der Waals surface area contributed by atoms with Crippen molar-refractivity contribution >= 4 is 32.4 Å². The summed E-state index contributed by atoms with van der Waals surface area (Å²) in [6.45, 7) is 0.232. The van der Waals surface area contributed by atoms with Crippen molar-refractivity contribution in [1.29, 1.82) is 0 Å². The van der Waals surface area contributed by atoms with Crippen molar-refractivity contribution in [1.82, 2.24) is 10.3 Å². The zero-order chi connectivity index (χ0) is 17.0. The number of amides is 1. The smallest absolute Gasteiger partial charge is 0.257 e. The molecule has 0 saturated carbocycles. The van der Waals surface area contributed by atoms with E-state index in [1.165, 1.54) is 0 Å². The zero-order valence-corrected chi connectivity index (χ0v) is 13.2. The highest BCUT2D eigenvalue weighted by molar-refractivity contribution is 7.91. The van der Waals surface area contributed by atoms with Gasteiger partial charge in [0.1, 0.15) is 17.2 Å². The largest absolute Gasteiger partial charge is 0.360 e. The third-order valence-corrected chi connectivity index (χ3v) is 5.00. The summed E-state index contributed by atoms with van der Waals surface area (Å²) in [5.74, 6) is -2.78. The second-order valence-electron chi connectivity index (χ2n) is 4.31. The van der Waals surface area contributed by atoms with Crippen LogP contribution in [0.15, 0.2) is 28.6 Å². The minimum atomic E-state index is -3.81. The molecule has 11 heteroatoms. The van der Waals surface area contributed by atoms with Crippen LogP contribution in [-0.2, 0) is 10.0 Å². The summed E-state index contributed by atoms with van der Waals surface area (Å²) in [7, 11) is -3.81. The highest BCUT2D eigenvalue weighted by Crippen LogP contribution is 2.20. The molecule has 0 radical (unpaired) electrons. The number of nitrogens with one attached hydrogen (secondary N) is 2. The van der Waals surface area contributed by atoms with Crippen LogP contribution >= 0.6 is 11.3 Å². The van der Waals surface area contributed by atoms with Gasteiger partial charge in [-0.25, -0.2) is 27.3 Å². The summed E-state index contributed by atoms with van der Waals surface area (Å²) in [4.78, 5) is 15.5. The number of hydrogen-bond acceptors (Lipinski definition) is 6. The second-order valence-corrected chi connectivity index (χ2v) is 7.13. The fourth-order valence-corrected chi connectivity index (χ4v) is 3.10. The number of hydrogen-bond donors (Lipinski definition) is 3. The van der Waals surface area contributed by atoms with Crippen LogP contribution in [0.25, 0.3) is 0 Å². The maximum Gasteiger partial charge on any atom is 0.257 e. The highest BCUT2D eigenvalue weighted by atomic mass is 32.2. The summed E-state index contributed by atoms with van der Waals surface area (Å²) in [5, 5.41) is 10.3. The number of carbonyl (C=O) groups excluding carboxylic acids is 1. The van der Waals surface area contributed by atoms with Crippen molar-refractivity contribution in [2.75, 3.05) is 18.4 Å². The first kappa shape index (κ1) is 17.2. The lowest BCUT2D eigenvalue weighted by Crippen LogP contribution is -2.30. The van der Waals surface area contributed by atoms with E-state index < -0.39 is 33.1 Å². The van der Waals surface area contributed by atoms with Crippen molar-refractivity contribution in [3.8, 4) is 0 Å². The normalized spacial score (nSPS) is 11.3. The summed E-state index contributed by atoms with van der Waals surface area (Å²) in [6.07, 6.45) is 1.11. The van der Waals surface area contributed by atoms with Crippen molar-refractivity contribution in [3.05, 3.63) is 41.6 Å². The number of primary sulfonamides is 1. The number of nitrogens with zero attached hydrogens (tertiary/aromatic N) is 1. The fourth-order valence-electron chi connectivity index (χ4n) is 1.62. The Bertz CT molecular complexity index is 803. The molecule has 0 aliphatic heterocycles. The molecular formula is C12H12F2N4O3S2. The Hall–Kier alpha value is -2.11. The van der Waals surface area contributed by atoms with Crippen LogP contribution in [0.3, 0.4) is 0 Å². The summed E-state index contributed by atoms with van der Waals surface area (Å²) in [6, 6.07) is 3.13. The number of carbonyl (C=O) groups is 1. The maximum absolute atomic E-state index is 13.4. The van der Waals surface area contributed by atoms with E-state index in [1.807, 2.05) is 0 Å². The van der Waals surface area contributed by atoms with Gasteiger partial charge in [-0.05, 0) is 12.1 Å². The first-order valence-electron chi connectivity index (χ1n) is 6.24. The molecule has 1 amide bonds. The van der Waals surface area contributed by atoms with Gasteiger partial charge in [-0.15, -0.1) is 0 Å². The molecule has 2 aromatic rings. The average molecular weight is 362 g/mol. The van der Waals surface area contributed by atoms with Crippen molar-refractivity contribution < 1.29 is 22.0 Å². The van der Waals surface area contributed by atoms with Gasteiger partial charge in [-0.3, -0.25) is 4.79 Å². The van der Waals surface area contributed by atoms with E-state index in [0.717, 1.165) is 35.7 Å². The molecule has 0 saturated heterocycles. The van der Waals surface area contributed by atoms with E-state index >= 15 is 0 Å². The van der Waals surface area contributed by atoms with Crippen molar-refractivity contribution in [2.45, 2.75) is 4.21 Å². The number of rotatable bonds is 6. The monoisotopic (exact) mass is 362 g/mol. The van der Waals surface area contributed by atoms with Gasteiger partial charge in [0, 0.05) is 13.1 Å². The number of benzene rings is 1. The van der Waals surface area contributed by atoms with Crippen LogP contribution in [-0.4, -0.2) is 32.4 Å². The summed E-state index contributed by atoms with van der Waals surface area (Å²) < 4.78 is 48.8. The van der Waals surface area contributed by atoms with E-state index in [4.69, 9.17) is 5.14 Å². The molecule has 0 aliphatic carbocycles. The number of thiazole rings is 1. The molecule has 124 valence electrons. The molecule has 1 aromatic heterocycles. The fraction of sp³-hybridized carbons (Fsp3) is 0.167. The molecular weight excluding hydrogens is 350 g/mol. The number of sulfonamides is 1. The van der Waals surface area contributed by atoms with Crippen LogP contribution in [0.5, 0.6) is 0 Å². The number of anilines is 1. The van der Waals surface area contributed by atoms with E-state index in [0.29, 0.717) is 5.13 Å². The van der Waals surface area contributed by atoms with E-state index in [2.05, 4.69) is 15.6 Å². The third-order valence-electron chi connectivity index (χ3n) is 2.64. The molecule has 0 unspecified atom stereocenters. The minimum Gasteiger partial charge on any atom is -0.360 e. The predicted molar refractivity (Wildman–Crippen MR) is 80.7 cm³/mol. The Morgan fingerprint density at radius 2 is 1.91 bits per heavy atom. The van der Waals surface area contributed by atoms with E-state index in [1.54, 1.807) is 0 Å². The van der Waals surface area contributed by atoms with Gasteiger partial charge in [-0.1, -0.05) is 17.4 Å². The lowest BCUT2D eigenvalue weighted by Gasteiger charge is -2.07. The van der Waals surface area contributed by atoms with Gasteiger partial charge in [0.2, 0.25) is 10.0 Å². The molecule has 7 nitrogen and oxygen atoms in total. The zero-order valence-electron chi connectivity index (χ0n) is 11.5. The average Bonchev–Trinajstić information content (AvgIpc) is 2.92. The van der Waals surface area contributed by atoms with Crippen molar-refractivity contribution in [3.63, 3.8) is 0 Å². The Labute approximate surface area is 134 Å². The van der Waals surface area contributed by atoms with Crippen LogP contribution in [0.2, 0.25) is 0 Å². The maximum atomic E-state index is 13.4. The lowest BCUT2D eigenvalue weighted by molar-refractivity contribution is 0.0946. The van der Waals surface area contributed by atoms with Crippen LogP contribution in [0.4, 0.5) is 13.9 Å². The molecule has 4 N–H and O–H groups in total. The van der Waals surface area contributed by atoms with Gasteiger partial charge in [0.25, 0.3) is 5.91 Å². The predicted octanol–water partition coefficient (Wildman–Crippen LogP) is 0.911. The topological polar surface area (TPSA) is 114 Å². The van der Waals surface area contributed by atoms with Gasteiger partial charge in [-0.2, -0.15) is 0 Å². The van der Waals surface area contributed by atoms with Gasteiger partial charge in [0.05, 0.1) is 6.20 Å². The lowest BCUT2D eigenvalue weighted by atomic mass is 10.2. The molecule has 0 spiro atoms. The first-order chi connectivity index (χ1) is 10.8. The number of nitrogens with two attached hydrogens (primary N) is 1. The Kier molecular flexibility index (Phi) is 5.23. The van der Waals surface area contributed by atoms with Gasteiger partial charge >= 0.3 is 0 Å². The van der Waals surface area contributed by atoms with Gasteiger partial charge in [0.15, 0.2) is 9.34 Å². The SMILES string of the molecule is NS(=O)(=O)c1cnc(NCCNC(=O)c2c(F)cccc2F)s1. The second kappa shape index (κ2) is 6.98. The molecule has 0 fully saturated rings. The van der Waals surface area contributed by atoms with Crippen LogP contribution < -0.4 is 15.8 Å². The summed E-state index contributed by atoms with van der Waals surface area (Å²) in [5.41, 5.74) is -0.654. The Morgan fingerprint density at radius 3 is 2.48 bits per heavy atom.